The van der Waals surface area contributed by atoms with Crippen molar-refractivity contribution in [3.63, 3.8) is 0 Å². The smallest absolute Gasteiger partial charge is 0.408 e. The molecule has 1 aromatic carbocycles. The minimum Gasteiger partial charge on any atom is -0.438 e. The van der Waals surface area contributed by atoms with Gasteiger partial charge < -0.3 is 25.4 Å². The summed E-state index contributed by atoms with van der Waals surface area (Å²) >= 11 is 0. The van der Waals surface area contributed by atoms with Gasteiger partial charge in [0.1, 0.15) is 11.4 Å². The zero-order valence-electron chi connectivity index (χ0n) is 21.7. The standard InChI is InChI=1S/C26H36N6O5/c1-25(2,3)30-24(33)37-26(11-4-12-26)19-5-7-20(8-6-19)28-23-21(32(34)35)9-10-22(29-23)27-13-14-31-15-17-36-18-16-31/h5-10H,4,11-18H2,1-3H3,(H,30,33)(H2,27,28,29). The Bertz CT molecular complexity index is 1090. The second-order valence-electron chi connectivity index (χ2n) is 10.5. The molecule has 11 heteroatoms. The molecule has 0 bridgehead atoms. The van der Waals surface area contributed by atoms with E-state index < -0.39 is 16.6 Å². The van der Waals surface area contributed by atoms with Crippen LogP contribution in [0.1, 0.15) is 45.6 Å². The van der Waals surface area contributed by atoms with E-state index in [4.69, 9.17) is 9.47 Å². The van der Waals surface area contributed by atoms with E-state index in [-0.39, 0.29) is 17.0 Å². The highest BCUT2D eigenvalue weighted by molar-refractivity contribution is 5.70. The Morgan fingerprint density at radius 2 is 1.86 bits per heavy atom. The molecule has 0 atom stereocenters. The fourth-order valence-electron chi connectivity index (χ4n) is 4.41. The first-order valence-corrected chi connectivity index (χ1v) is 12.7. The highest BCUT2D eigenvalue weighted by Gasteiger charge is 2.43. The molecule has 1 amide bonds. The summed E-state index contributed by atoms with van der Waals surface area (Å²) in [7, 11) is 0. The molecule has 3 N–H and O–H groups in total. The minimum atomic E-state index is -0.650. The van der Waals surface area contributed by atoms with Crippen LogP contribution in [0.5, 0.6) is 0 Å². The lowest BCUT2D eigenvalue weighted by Crippen LogP contribution is -2.47. The molecule has 1 aliphatic carbocycles. The van der Waals surface area contributed by atoms with E-state index in [2.05, 4.69) is 25.8 Å². The Morgan fingerprint density at radius 3 is 2.46 bits per heavy atom. The molecule has 2 aliphatic rings. The van der Waals surface area contributed by atoms with E-state index >= 15 is 0 Å². The zero-order chi connectivity index (χ0) is 26.5. The van der Waals surface area contributed by atoms with Crippen molar-refractivity contribution in [2.75, 3.05) is 50.0 Å². The van der Waals surface area contributed by atoms with Crippen LogP contribution >= 0.6 is 0 Å². The molecule has 4 rings (SSSR count). The Hall–Kier alpha value is -3.44. The maximum atomic E-state index is 12.4. The molecule has 1 saturated carbocycles. The summed E-state index contributed by atoms with van der Waals surface area (Å²) in [4.78, 5) is 30.3. The van der Waals surface area contributed by atoms with Crippen molar-refractivity contribution >= 4 is 29.1 Å². The van der Waals surface area contributed by atoms with Gasteiger partial charge in [0, 0.05) is 43.5 Å². The van der Waals surface area contributed by atoms with Gasteiger partial charge in [-0.05, 0) is 63.8 Å². The van der Waals surface area contributed by atoms with Crippen molar-refractivity contribution in [2.45, 2.75) is 51.2 Å². The van der Waals surface area contributed by atoms with Crippen LogP contribution in [0.3, 0.4) is 0 Å². The SMILES string of the molecule is CC(C)(C)NC(=O)OC1(c2ccc(Nc3nc(NCCN4CCOCC4)ccc3[N+](=O)[O-])cc2)CCC1. The summed E-state index contributed by atoms with van der Waals surface area (Å²) in [5.74, 6) is 0.720. The summed E-state index contributed by atoms with van der Waals surface area (Å²) in [6, 6.07) is 10.5. The number of carbonyl (C=O) groups is 1. The predicted octanol–water partition coefficient (Wildman–Crippen LogP) is 4.38. The highest BCUT2D eigenvalue weighted by Crippen LogP contribution is 2.45. The van der Waals surface area contributed by atoms with Gasteiger partial charge in [0.2, 0.25) is 5.82 Å². The Labute approximate surface area is 217 Å². The first-order chi connectivity index (χ1) is 17.6. The van der Waals surface area contributed by atoms with E-state index in [1.807, 2.05) is 45.0 Å². The number of nitro groups is 1. The number of benzene rings is 1. The van der Waals surface area contributed by atoms with Crippen molar-refractivity contribution in [1.29, 1.82) is 0 Å². The van der Waals surface area contributed by atoms with Gasteiger partial charge in [0.05, 0.1) is 18.1 Å². The molecule has 2 aromatic rings. The Kier molecular flexibility index (Phi) is 8.13. The minimum absolute atomic E-state index is 0.111. The molecule has 2 heterocycles. The topological polar surface area (TPSA) is 131 Å². The molecule has 37 heavy (non-hydrogen) atoms. The molecule has 1 aromatic heterocycles. The third-order valence-electron chi connectivity index (χ3n) is 6.51. The number of nitrogens with one attached hydrogen (secondary N) is 3. The average Bonchev–Trinajstić information content (AvgIpc) is 2.82. The van der Waals surface area contributed by atoms with Gasteiger partial charge in [0.15, 0.2) is 0 Å². The highest BCUT2D eigenvalue weighted by atomic mass is 16.6. The van der Waals surface area contributed by atoms with Gasteiger partial charge >= 0.3 is 11.8 Å². The molecule has 0 spiro atoms. The van der Waals surface area contributed by atoms with Crippen LogP contribution in [0.2, 0.25) is 0 Å². The number of amides is 1. The number of aromatic nitrogens is 1. The summed E-state index contributed by atoms with van der Waals surface area (Å²) in [5.41, 5.74) is 0.402. The van der Waals surface area contributed by atoms with Crippen molar-refractivity contribution < 1.29 is 19.2 Å². The van der Waals surface area contributed by atoms with Crippen LogP contribution < -0.4 is 16.0 Å². The van der Waals surface area contributed by atoms with Gasteiger partial charge in [-0.2, -0.15) is 0 Å². The molecule has 1 aliphatic heterocycles. The predicted molar refractivity (Wildman–Crippen MR) is 141 cm³/mol. The largest absolute Gasteiger partial charge is 0.438 e. The van der Waals surface area contributed by atoms with Crippen LogP contribution in [-0.2, 0) is 15.1 Å². The fourth-order valence-corrected chi connectivity index (χ4v) is 4.41. The number of morpholine rings is 1. The van der Waals surface area contributed by atoms with Crippen molar-refractivity contribution in [3.8, 4) is 0 Å². The fraction of sp³-hybridized carbons (Fsp3) is 0.538. The van der Waals surface area contributed by atoms with E-state index in [1.165, 1.54) is 6.07 Å². The van der Waals surface area contributed by atoms with Gasteiger partial charge in [-0.15, -0.1) is 0 Å². The quantitative estimate of drug-likeness (QED) is 0.331. The maximum absolute atomic E-state index is 12.4. The average molecular weight is 513 g/mol. The molecular weight excluding hydrogens is 476 g/mol. The van der Waals surface area contributed by atoms with E-state index in [0.717, 1.165) is 57.7 Å². The maximum Gasteiger partial charge on any atom is 0.408 e. The molecular formula is C26H36N6O5. The van der Waals surface area contributed by atoms with E-state index in [1.54, 1.807) is 6.07 Å². The summed E-state index contributed by atoms with van der Waals surface area (Å²) in [6.45, 7) is 10.5. The molecule has 0 unspecified atom stereocenters. The molecule has 2 fully saturated rings. The lowest BCUT2D eigenvalue weighted by atomic mass is 9.75. The monoisotopic (exact) mass is 512 g/mol. The van der Waals surface area contributed by atoms with Gasteiger partial charge in [-0.3, -0.25) is 15.0 Å². The second-order valence-corrected chi connectivity index (χ2v) is 10.5. The molecule has 11 nitrogen and oxygen atoms in total. The first-order valence-electron chi connectivity index (χ1n) is 12.7. The van der Waals surface area contributed by atoms with Crippen LogP contribution in [0.25, 0.3) is 0 Å². The van der Waals surface area contributed by atoms with Gasteiger partial charge in [-0.1, -0.05) is 12.1 Å². The number of anilines is 3. The van der Waals surface area contributed by atoms with Crippen LogP contribution in [0.15, 0.2) is 36.4 Å². The summed E-state index contributed by atoms with van der Waals surface area (Å²) in [6.07, 6.45) is 2.04. The number of alkyl carbamates (subject to hydrolysis) is 1. The summed E-state index contributed by atoms with van der Waals surface area (Å²) < 4.78 is 11.2. The number of ether oxygens (including phenoxy) is 2. The molecule has 1 saturated heterocycles. The van der Waals surface area contributed by atoms with Crippen LogP contribution in [-0.4, -0.2) is 65.8 Å². The Balaban J connectivity index is 1.42. The number of carbonyl (C=O) groups excluding carboxylic acids is 1. The first kappa shape index (κ1) is 26.6. The Morgan fingerprint density at radius 1 is 1.16 bits per heavy atom. The summed E-state index contributed by atoms with van der Waals surface area (Å²) in [5, 5.41) is 20.8. The lowest BCUT2D eigenvalue weighted by Gasteiger charge is -2.42. The van der Waals surface area contributed by atoms with Crippen molar-refractivity contribution in [2.24, 2.45) is 0 Å². The van der Waals surface area contributed by atoms with Crippen molar-refractivity contribution in [3.05, 3.63) is 52.1 Å². The van der Waals surface area contributed by atoms with Crippen LogP contribution in [0.4, 0.5) is 27.8 Å². The number of hydrogen-bond donors (Lipinski definition) is 3. The zero-order valence-corrected chi connectivity index (χ0v) is 21.7. The normalized spacial score (nSPS) is 17.4. The number of nitrogens with zero attached hydrogens (tertiary/aromatic N) is 3. The van der Waals surface area contributed by atoms with E-state index in [0.29, 0.717) is 18.1 Å². The second kappa shape index (κ2) is 11.3. The number of rotatable bonds is 9. The van der Waals surface area contributed by atoms with Crippen molar-refractivity contribution in [1.82, 2.24) is 15.2 Å². The van der Waals surface area contributed by atoms with E-state index in [9.17, 15) is 14.9 Å². The number of hydrogen-bond acceptors (Lipinski definition) is 9. The molecule has 0 radical (unpaired) electrons. The number of pyridine rings is 1. The third kappa shape index (κ3) is 7.07. The van der Waals surface area contributed by atoms with Gasteiger partial charge in [-0.25, -0.2) is 9.78 Å². The van der Waals surface area contributed by atoms with Crippen LogP contribution in [0, 0.1) is 10.1 Å². The lowest BCUT2D eigenvalue weighted by molar-refractivity contribution is -0.384. The van der Waals surface area contributed by atoms with Gasteiger partial charge in [0.25, 0.3) is 0 Å². The molecule has 200 valence electrons. The third-order valence-corrected chi connectivity index (χ3v) is 6.51.